The normalized spacial score (nSPS) is 12.9. The Hall–Kier alpha value is -7.58. The summed E-state index contributed by atoms with van der Waals surface area (Å²) in [6, 6.07) is 37.7. The van der Waals surface area contributed by atoms with Crippen molar-refractivity contribution in [3.63, 3.8) is 0 Å². The third kappa shape index (κ3) is 10.8. The topological polar surface area (TPSA) is 55.7 Å². The van der Waals surface area contributed by atoms with E-state index in [-0.39, 0.29) is 38.6 Å². The second kappa shape index (κ2) is 21.4. The molecule has 0 unspecified atom stereocenters. The highest BCUT2D eigenvalue weighted by molar-refractivity contribution is 6.11. The molecule has 0 amide bonds. The molecule has 0 saturated carbocycles. The number of aromatic hydroxyl groups is 2. The number of aromatic nitrogens is 2. The molecular weight excluding hydrogens is 1070 g/mol. The molecule has 10 rings (SSSR count). The van der Waals surface area contributed by atoms with Crippen molar-refractivity contribution < 1.29 is 27.7 Å². The lowest BCUT2D eigenvalue weighted by Crippen LogP contribution is -2.14. The van der Waals surface area contributed by atoms with Crippen molar-refractivity contribution in [2.45, 2.75) is 172 Å². The molecule has 0 saturated heterocycles. The fourth-order valence-electron chi connectivity index (χ4n) is 12.4. The van der Waals surface area contributed by atoms with Gasteiger partial charge in [0.25, 0.3) is 0 Å². The maximum Gasteiger partial charge on any atom is 0.238 e. The zero-order chi connectivity index (χ0) is 63.0. The van der Waals surface area contributed by atoms with E-state index in [0.717, 1.165) is 60.3 Å². The van der Waals surface area contributed by atoms with Crippen LogP contribution in [0.2, 0.25) is 0 Å². The molecule has 0 aliphatic rings. The molecule has 2 aromatic heterocycles. The van der Waals surface area contributed by atoms with Gasteiger partial charge in [-0.3, -0.25) is 0 Å². The molecule has 8 heteroatoms. The Balaban J connectivity index is 1.08. The quantitative estimate of drug-likeness (QED) is 0.106. The van der Waals surface area contributed by atoms with E-state index in [9.17, 15) is 10.2 Å². The molecular formula is C78H90F2N2O4. The predicted octanol–water partition coefficient (Wildman–Crippen LogP) is 22.1. The van der Waals surface area contributed by atoms with Crippen molar-refractivity contribution in [1.29, 1.82) is 0 Å². The van der Waals surface area contributed by atoms with Gasteiger partial charge in [-0.05, 0) is 181 Å². The van der Waals surface area contributed by atoms with E-state index >= 15 is 8.78 Å². The number of phenolic OH excluding ortho intramolecular Hbond substituents is 2. The molecule has 2 heterocycles. The maximum absolute atomic E-state index is 16.6. The molecule has 0 aliphatic heterocycles. The fraction of sp³-hybridized carbons (Fsp3) is 0.359. The van der Waals surface area contributed by atoms with Gasteiger partial charge in [0.15, 0.2) is 13.2 Å². The van der Waals surface area contributed by atoms with Gasteiger partial charge < -0.3 is 28.1 Å². The smallest absolute Gasteiger partial charge is 0.238 e. The molecule has 0 spiro atoms. The lowest BCUT2D eigenvalue weighted by atomic mass is 9.84. The first-order valence-corrected chi connectivity index (χ1v) is 30.4. The first-order chi connectivity index (χ1) is 39.9. The summed E-state index contributed by atoms with van der Waals surface area (Å²) in [5.41, 5.74) is 14.7. The Kier molecular flexibility index (Phi) is 15.3. The molecule has 0 radical (unpaired) electrons. The second-order valence-corrected chi connectivity index (χ2v) is 29.6. The van der Waals surface area contributed by atoms with Crippen molar-refractivity contribution >= 4 is 43.6 Å². The summed E-state index contributed by atoms with van der Waals surface area (Å²) in [6.45, 7) is 42.9. The van der Waals surface area contributed by atoms with Gasteiger partial charge in [-0.15, -0.1) is 0 Å². The average Bonchev–Trinajstić information content (AvgIpc) is 1.70. The SMILES string of the molecule is [CH2-][O+](CCC[O+]([CH2-])c1c(-c2cc(C(C)(C)C)cc(-n3c4cc(C(C)(C)C)ccc4c4ccc(C(C)(C)C)cc43)c2O)cc(F)c(C)c1C)c1c(-c2cc(C(C)(C)C)cc(-n3c4cc(C)ccc4c4ccc(C(C)(C)C)cc43)c2O)cc(F)c(C)c1C. The Labute approximate surface area is 510 Å². The molecule has 0 aliphatic carbocycles. The minimum absolute atomic E-state index is 0.0240. The van der Waals surface area contributed by atoms with Crippen molar-refractivity contribution in [3.8, 4) is 56.6 Å². The second-order valence-electron chi connectivity index (χ2n) is 29.6. The van der Waals surface area contributed by atoms with E-state index in [4.69, 9.17) is 0 Å². The molecule has 6 nitrogen and oxygen atoms in total. The van der Waals surface area contributed by atoms with Crippen molar-refractivity contribution in [2.24, 2.45) is 0 Å². The molecule has 8 aromatic carbocycles. The number of nitrogens with zero attached hydrogens (tertiary/aromatic N) is 2. The van der Waals surface area contributed by atoms with Crippen LogP contribution in [0.1, 0.15) is 166 Å². The summed E-state index contributed by atoms with van der Waals surface area (Å²) < 4.78 is 43.6. The standard InChI is InChI=1S/C78H90F2N2O4/c1-44-24-28-54-55-29-25-49(74(6,7)8)37-65(55)81(64(54)34-44)68-40-52(77(15,16)17)35-58(70(68)83)60-42-62(79)45(2)47(4)72(60)85(21)32-23-33-86(22)73-48(5)46(3)63(80)43-61(73)59-36-53(78(18,19)20)41-69(71(59)84)82-66-38-50(75(9,10)11)26-30-56(66)57-31-27-51(39-67(57)82)76(12,13)14/h24-31,34-43,83-84H,21-23,32-33H2,1-20H3. The highest BCUT2D eigenvalue weighted by Gasteiger charge is 2.32. The van der Waals surface area contributed by atoms with Crippen molar-refractivity contribution in [3.05, 3.63) is 191 Å². The van der Waals surface area contributed by atoms with Gasteiger partial charge in [-0.25, -0.2) is 8.78 Å². The highest BCUT2D eigenvalue weighted by Crippen LogP contribution is 2.52. The summed E-state index contributed by atoms with van der Waals surface area (Å²) in [7, 11) is 9.15. The van der Waals surface area contributed by atoms with E-state index in [2.05, 4.69) is 228 Å². The summed E-state index contributed by atoms with van der Waals surface area (Å²) in [4.78, 5) is 0. The Morgan fingerprint density at radius 3 is 0.988 bits per heavy atom. The van der Waals surface area contributed by atoms with Crippen LogP contribution in [0.5, 0.6) is 23.0 Å². The number of hydrogen-bond donors (Lipinski definition) is 2. The van der Waals surface area contributed by atoms with Crippen LogP contribution in [0.3, 0.4) is 0 Å². The number of hydrogen-bond acceptors (Lipinski definition) is 2. The summed E-state index contributed by atoms with van der Waals surface area (Å²) in [5, 5.41) is 30.5. The number of aryl methyl sites for hydroxylation is 1. The summed E-state index contributed by atoms with van der Waals surface area (Å²) >= 11 is 0. The van der Waals surface area contributed by atoms with Crippen LogP contribution in [0.25, 0.3) is 77.2 Å². The first kappa shape index (κ1) is 61.5. The van der Waals surface area contributed by atoms with Crippen LogP contribution >= 0.6 is 0 Å². The van der Waals surface area contributed by atoms with Gasteiger partial charge in [0.2, 0.25) is 11.5 Å². The van der Waals surface area contributed by atoms with E-state index < -0.39 is 11.6 Å². The van der Waals surface area contributed by atoms with Crippen LogP contribution in [0.15, 0.2) is 109 Å². The molecule has 0 fully saturated rings. The number of halogens is 2. The van der Waals surface area contributed by atoms with Crippen LogP contribution < -0.4 is 0 Å². The van der Waals surface area contributed by atoms with Crippen LogP contribution in [0.4, 0.5) is 8.78 Å². The van der Waals surface area contributed by atoms with Crippen molar-refractivity contribution in [2.75, 3.05) is 13.2 Å². The lowest BCUT2D eigenvalue weighted by molar-refractivity contribution is -0.0171. The summed E-state index contributed by atoms with van der Waals surface area (Å²) in [6.07, 6.45) is 0.468. The Bertz CT molecular complexity index is 4290. The van der Waals surface area contributed by atoms with E-state index in [0.29, 0.717) is 87.0 Å². The average molecular weight is 1160 g/mol. The Morgan fingerprint density at radius 2 is 0.674 bits per heavy atom. The molecule has 10 aromatic rings. The van der Waals surface area contributed by atoms with Crippen LogP contribution in [-0.4, -0.2) is 32.6 Å². The minimum atomic E-state index is -0.391. The number of benzene rings is 8. The van der Waals surface area contributed by atoms with Gasteiger partial charge in [-0.1, -0.05) is 152 Å². The van der Waals surface area contributed by atoms with Gasteiger partial charge in [-0.2, -0.15) is 0 Å². The van der Waals surface area contributed by atoms with Crippen LogP contribution in [0, 0.1) is 60.5 Å². The third-order valence-corrected chi connectivity index (χ3v) is 18.2. The molecule has 0 atom stereocenters. The number of rotatable bonds is 10. The fourth-order valence-corrected chi connectivity index (χ4v) is 12.4. The minimum Gasteiger partial charge on any atom is -0.711 e. The molecule has 86 heavy (non-hydrogen) atoms. The van der Waals surface area contributed by atoms with Gasteiger partial charge in [0, 0.05) is 43.8 Å². The molecule has 0 bridgehead atoms. The van der Waals surface area contributed by atoms with Gasteiger partial charge >= 0.3 is 0 Å². The van der Waals surface area contributed by atoms with Gasteiger partial charge in [0.05, 0.1) is 44.6 Å². The zero-order valence-electron chi connectivity index (χ0n) is 54.8. The largest absolute Gasteiger partial charge is 0.711 e. The molecule has 2 N–H and O–H groups in total. The monoisotopic (exact) mass is 1160 g/mol. The Morgan fingerprint density at radius 1 is 0.372 bits per heavy atom. The number of phenols is 2. The van der Waals surface area contributed by atoms with Crippen molar-refractivity contribution in [1.82, 2.24) is 9.13 Å². The first-order valence-electron chi connectivity index (χ1n) is 30.4. The lowest BCUT2D eigenvalue weighted by Gasteiger charge is -2.35. The summed E-state index contributed by atoms with van der Waals surface area (Å²) in [5.74, 6) is 0.498. The van der Waals surface area contributed by atoms with E-state index in [1.165, 1.54) is 28.8 Å². The molecule has 450 valence electrons. The zero-order valence-corrected chi connectivity index (χ0v) is 54.8. The highest BCUT2D eigenvalue weighted by atomic mass is 19.1. The third-order valence-electron chi connectivity index (χ3n) is 18.2. The van der Waals surface area contributed by atoms with Gasteiger partial charge in [0.1, 0.15) is 29.6 Å². The maximum atomic E-state index is 16.6. The van der Waals surface area contributed by atoms with Crippen LogP contribution in [-0.2, 0) is 35.8 Å². The van der Waals surface area contributed by atoms with E-state index in [1.54, 1.807) is 13.8 Å². The number of fused-ring (bicyclic) bond motifs is 6. The predicted molar refractivity (Wildman–Crippen MR) is 359 cm³/mol. The van der Waals surface area contributed by atoms with E-state index in [1.807, 2.05) is 26.0 Å².